The maximum atomic E-state index is 13.8. The molecule has 350 valence electrons. The third-order valence-corrected chi connectivity index (χ3v) is 13.6. The number of allylic oxidation sites excluding steroid dienone is 1. The fourth-order valence-corrected chi connectivity index (χ4v) is 9.18. The summed E-state index contributed by atoms with van der Waals surface area (Å²) >= 11 is 0. The van der Waals surface area contributed by atoms with Crippen LogP contribution in [0.15, 0.2) is 173 Å². The van der Waals surface area contributed by atoms with E-state index in [9.17, 15) is 61.5 Å². The summed E-state index contributed by atoms with van der Waals surface area (Å²) in [4.78, 5) is 23.3. The summed E-state index contributed by atoms with van der Waals surface area (Å²) in [5, 5.41) is 23.3. The second kappa shape index (κ2) is 24.4. The molecule has 1 aliphatic carbocycles. The van der Waals surface area contributed by atoms with Crippen molar-refractivity contribution < 1.29 is 180 Å². The maximum Gasteiger partial charge on any atom is 1.00 e. The van der Waals surface area contributed by atoms with Gasteiger partial charge in [0.2, 0.25) is 5.78 Å². The van der Waals surface area contributed by atoms with Crippen LogP contribution in [0.1, 0.15) is 26.3 Å². The van der Waals surface area contributed by atoms with E-state index in [2.05, 4.69) is 36.3 Å². The fraction of sp³-hybridized carbons (Fsp3) is 0. The molecule has 8 rings (SSSR count). The van der Waals surface area contributed by atoms with Crippen LogP contribution in [0.25, 0.3) is 27.6 Å². The van der Waals surface area contributed by atoms with Gasteiger partial charge in [-0.15, -0.1) is 15.3 Å². The Kier molecular flexibility index (Phi) is 20.6. The average Bonchev–Trinajstić information content (AvgIpc) is 3.29. The number of nitrogens with two attached hydrogens (primary N) is 1. The van der Waals surface area contributed by atoms with Gasteiger partial charge in [-0.1, -0.05) is 30.3 Å². The summed E-state index contributed by atoms with van der Waals surface area (Å²) in [6.07, 6.45) is 0.921. The van der Waals surface area contributed by atoms with E-state index in [1.165, 1.54) is 60.7 Å². The largest absolute Gasteiger partial charge is 1.00 e. The van der Waals surface area contributed by atoms with E-state index in [1.807, 2.05) is 0 Å². The van der Waals surface area contributed by atoms with E-state index >= 15 is 0 Å². The van der Waals surface area contributed by atoms with Crippen LogP contribution in [0, 0.1) is 0 Å². The molecular formula is C43H26N8Na4O14S4. The SMILES string of the molecule is Nc1ccc(N=Nc2ccc(N=Nc3ccc(N/N=C4\C(=O)c5ccc(NC(=O)c6ccccc6)cc5C=C4S(=O)(=O)[O-])c4ccc(S(=O)(=O)[O-])cc34)c3ccc(S(=O)(=O)[O-])cc23)cc1S(=O)(=O)[O-].[Na+].[Na+].[Na+].[Na+]. The molecule has 1 aliphatic rings. The molecule has 0 saturated carbocycles. The van der Waals surface area contributed by atoms with Crippen molar-refractivity contribution in [1.82, 2.24) is 0 Å². The number of rotatable bonds is 12. The zero-order chi connectivity index (χ0) is 49.6. The second-order valence-corrected chi connectivity index (χ2v) is 20.1. The van der Waals surface area contributed by atoms with Crippen LogP contribution in [-0.2, 0) is 40.5 Å². The number of ketones is 1. The number of nitrogen functional groups attached to an aromatic ring is 1. The molecule has 0 aliphatic heterocycles. The first kappa shape index (κ1) is 61.6. The van der Waals surface area contributed by atoms with Gasteiger partial charge >= 0.3 is 118 Å². The number of fused-ring (bicyclic) bond motifs is 3. The maximum absolute atomic E-state index is 13.8. The van der Waals surface area contributed by atoms with Gasteiger partial charge in [-0.25, -0.2) is 33.7 Å². The van der Waals surface area contributed by atoms with Crippen molar-refractivity contribution in [1.29, 1.82) is 0 Å². The Morgan fingerprint density at radius 1 is 0.534 bits per heavy atom. The van der Waals surface area contributed by atoms with Gasteiger partial charge in [0.25, 0.3) is 5.91 Å². The van der Waals surface area contributed by atoms with Gasteiger partial charge in [-0.3, -0.25) is 15.0 Å². The van der Waals surface area contributed by atoms with Gasteiger partial charge in [0, 0.05) is 44.0 Å². The van der Waals surface area contributed by atoms with Crippen molar-refractivity contribution in [2.75, 3.05) is 16.5 Å². The van der Waals surface area contributed by atoms with Crippen LogP contribution < -0.4 is 135 Å². The Morgan fingerprint density at radius 3 is 1.66 bits per heavy atom. The van der Waals surface area contributed by atoms with Crippen LogP contribution in [0.3, 0.4) is 0 Å². The number of carbonyl (C=O) groups is 2. The zero-order valence-electron chi connectivity index (χ0n) is 38.4. The number of Topliss-reactive ketones (excluding diaryl/α,β-unsaturated/α-hetero) is 1. The summed E-state index contributed by atoms with van der Waals surface area (Å²) in [5.74, 6) is -1.49. The summed E-state index contributed by atoms with van der Waals surface area (Å²) < 4.78 is 145. The minimum Gasteiger partial charge on any atom is -0.744 e. The summed E-state index contributed by atoms with van der Waals surface area (Å²) in [6, 6.07) is 26.9. The number of hydrazone groups is 1. The standard InChI is InChI=1S/C43H30N8O14S4.4Na/c44-34-13-7-26(20-39(34)68(60,61)62)46-47-37-16-14-35(30-11-8-27(21-32(30)37)66(54,55)56)48-49-38-17-15-36(31-12-9-28(22-33(31)38)67(57,58)59)50-51-41-40(69(63,64)65)19-24-18-25(6-10-29(24)42(41)52)45-43(53)23-4-2-1-3-5-23;;;;/h1-22,50H,44H2,(H,45,53)(H,54,55,56)(H,57,58,59)(H,60,61,62)(H,63,64,65);;;;/q;4*+1/p-4/b47-46?,49-48?,51-41-;;;;. The second-order valence-electron chi connectivity index (χ2n) is 14.6. The van der Waals surface area contributed by atoms with Gasteiger partial charge in [-0.05, 0) is 109 Å². The Bertz CT molecular complexity index is 3980. The van der Waals surface area contributed by atoms with E-state index in [4.69, 9.17) is 5.73 Å². The predicted molar refractivity (Wildman–Crippen MR) is 245 cm³/mol. The van der Waals surface area contributed by atoms with Crippen molar-refractivity contribution >= 4 is 125 Å². The molecule has 30 heteroatoms. The van der Waals surface area contributed by atoms with Crippen molar-refractivity contribution in [2.45, 2.75) is 14.7 Å². The first-order chi connectivity index (χ1) is 32.5. The molecule has 0 spiro atoms. The predicted octanol–water partition coefficient (Wildman–Crippen LogP) is -5.06. The average molecular weight is 1100 g/mol. The fourth-order valence-electron chi connectivity index (χ4n) is 6.92. The molecular weight excluding hydrogens is 1070 g/mol. The number of anilines is 3. The molecule has 0 unspecified atom stereocenters. The third-order valence-electron chi connectivity index (χ3n) is 10.2. The number of nitrogens with zero attached hydrogens (tertiary/aromatic N) is 5. The van der Waals surface area contributed by atoms with Gasteiger partial charge < -0.3 is 29.3 Å². The van der Waals surface area contributed by atoms with Crippen LogP contribution in [0.4, 0.5) is 39.8 Å². The molecule has 1 amide bonds. The first-order valence-electron chi connectivity index (χ1n) is 19.3. The van der Waals surface area contributed by atoms with Crippen LogP contribution in [0.5, 0.6) is 0 Å². The van der Waals surface area contributed by atoms with Crippen LogP contribution in [-0.4, -0.2) is 69.3 Å². The zero-order valence-corrected chi connectivity index (χ0v) is 49.6. The number of hydrogen-bond donors (Lipinski definition) is 3. The first-order valence-corrected chi connectivity index (χ1v) is 24.9. The van der Waals surface area contributed by atoms with Gasteiger partial charge in [0.15, 0.2) is 0 Å². The molecule has 4 N–H and O–H groups in total. The summed E-state index contributed by atoms with van der Waals surface area (Å²) in [5.41, 5.74) is 7.12. The quantitative estimate of drug-likeness (QED) is 0.0339. The topological polar surface area (TPSA) is 375 Å². The van der Waals surface area contributed by atoms with Crippen molar-refractivity contribution in [3.8, 4) is 0 Å². The molecule has 0 fully saturated rings. The molecule has 0 aromatic heterocycles. The molecule has 0 heterocycles. The Hall–Kier alpha value is -3.95. The molecule has 22 nitrogen and oxygen atoms in total. The van der Waals surface area contributed by atoms with Gasteiger partial charge in [0.1, 0.15) is 46.2 Å². The molecule has 0 saturated heterocycles. The van der Waals surface area contributed by atoms with Crippen molar-refractivity contribution in [2.24, 2.45) is 25.6 Å². The summed E-state index contributed by atoms with van der Waals surface area (Å²) in [7, 11) is -20.5. The van der Waals surface area contributed by atoms with E-state index < -0.39 is 77.5 Å². The Morgan fingerprint density at radius 2 is 1.08 bits per heavy atom. The van der Waals surface area contributed by atoms with Crippen molar-refractivity contribution in [3.63, 3.8) is 0 Å². The van der Waals surface area contributed by atoms with E-state index in [-0.39, 0.29) is 191 Å². The van der Waals surface area contributed by atoms with Crippen molar-refractivity contribution in [3.05, 3.63) is 149 Å². The molecule has 73 heavy (non-hydrogen) atoms. The minimum absolute atomic E-state index is 0. The van der Waals surface area contributed by atoms with E-state index in [0.29, 0.717) is 5.56 Å². The number of nitrogens with one attached hydrogen (secondary N) is 2. The Balaban J connectivity index is 0.00000289. The molecule has 7 aromatic carbocycles. The third kappa shape index (κ3) is 14.1. The van der Waals surface area contributed by atoms with E-state index in [0.717, 1.165) is 42.5 Å². The van der Waals surface area contributed by atoms with Gasteiger partial charge in [0.05, 0.1) is 48.0 Å². The van der Waals surface area contributed by atoms with Crippen LogP contribution >= 0.6 is 0 Å². The Labute approximate surface area is 504 Å². The number of azo groups is 2. The number of carbonyl (C=O) groups excluding carboxylic acids is 2. The molecule has 0 radical (unpaired) electrons. The number of amides is 1. The molecule has 7 aromatic rings. The smallest absolute Gasteiger partial charge is 0.744 e. The minimum atomic E-state index is -5.38. The monoisotopic (exact) mass is 1100 g/mol. The van der Waals surface area contributed by atoms with Gasteiger partial charge in [-0.2, -0.15) is 10.2 Å². The van der Waals surface area contributed by atoms with Crippen LogP contribution in [0.2, 0.25) is 0 Å². The summed E-state index contributed by atoms with van der Waals surface area (Å²) in [6.45, 7) is 0. The van der Waals surface area contributed by atoms with E-state index in [1.54, 1.807) is 30.3 Å². The number of benzene rings is 7. The number of hydrogen-bond acceptors (Lipinski definition) is 21. The molecule has 0 atom stereocenters. The normalized spacial score (nSPS) is 13.3. The molecule has 0 bridgehead atoms.